The molecule has 6 rings (SSSR count). The number of imidazole rings is 1. The summed E-state index contributed by atoms with van der Waals surface area (Å²) in [5, 5.41) is 40.2. The van der Waals surface area contributed by atoms with Gasteiger partial charge in [-0.15, -0.1) is 5.10 Å². The van der Waals surface area contributed by atoms with Gasteiger partial charge in [0.25, 0.3) is 0 Å². The van der Waals surface area contributed by atoms with Gasteiger partial charge < -0.3 is 25.4 Å². The fourth-order valence-corrected chi connectivity index (χ4v) is 5.53. The van der Waals surface area contributed by atoms with Crippen LogP contribution in [-0.2, 0) is 4.74 Å². The van der Waals surface area contributed by atoms with E-state index >= 15 is 0 Å². The van der Waals surface area contributed by atoms with E-state index in [0.717, 1.165) is 24.8 Å². The predicted octanol–water partition coefficient (Wildman–Crippen LogP) is 3.71. The maximum Gasteiger partial charge on any atom is 0.407 e. The lowest BCUT2D eigenvalue weighted by molar-refractivity contribution is -0.102. The zero-order chi connectivity index (χ0) is 26.4. The molecule has 4 heterocycles. The quantitative estimate of drug-likeness (QED) is 0.425. The van der Waals surface area contributed by atoms with Crippen LogP contribution < -0.4 is 10.6 Å². The highest BCUT2D eigenvalue weighted by molar-refractivity contribution is 6.34. The number of hydrogen-bond acceptors (Lipinski definition) is 9. The lowest BCUT2D eigenvalue weighted by atomic mass is 9.75. The normalized spacial score (nSPS) is 22.8. The molecule has 2 aliphatic heterocycles. The molecule has 0 spiro atoms. The van der Waals surface area contributed by atoms with Crippen LogP contribution >= 0.6 is 11.6 Å². The van der Waals surface area contributed by atoms with Gasteiger partial charge in [0.05, 0.1) is 34.6 Å². The third kappa shape index (κ3) is 4.42. The van der Waals surface area contributed by atoms with Crippen LogP contribution in [0.25, 0.3) is 5.65 Å². The Morgan fingerprint density at radius 1 is 1.21 bits per heavy atom. The van der Waals surface area contributed by atoms with Crippen LogP contribution in [0, 0.1) is 28.6 Å². The molecule has 3 unspecified atom stereocenters. The lowest BCUT2D eigenvalue weighted by Crippen LogP contribution is -2.50. The second-order valence-electron chi connectivity index (χ2n) is 9.84. The summed E-state index contributed by atoms with van der Waals surface area (Å²) in [5.41, 5.74) is 2.32. The maximum atomic E-state index is 11.7. The van der Waals surface area contributed by atoms with E-state index in [2.05, 4.69) is 37.8 Å². The van der Waals surface area contributed by atoms with Crippen molar-refractivity contribution >= 4 is 40.8 Å². The summed E-state index contributed by atoms with van der Waals surface area (Å²) >= 11 is 6.96. The second kappa shape index (κ2) is 9.63. The minimum atomic E-state index is -0.952. The number of hydrogen-bond donors (Lipinski definition) is 3. The Labute approximate surface area is 222 Å². The number of halogens is 1. The number of anilines is 3. The molecule has 0 radical (unpaired) electrons. The molecule has 3 atom stereocenters. The van der Waals surface area contributed by atoms with Crippen LogP contribution in [0.5, 0.6) is 0 Å². The SMILES string of the molecule is N#Cc1cc(Nc2nc(NC3CC3)c3ncc(C#N)n3n2)c(Cl)c(C2CCN(C(=O)O)CC2C2CCO2)c1. The van der Waals surface area contributed by atoms with Crippen molar-refractivity contribution in [1.29, 1.82) is 10.5 Å². The Balaban J connectivity index is 1.38. The lowest BCUT2D eigenvalue weighted by Gasteiger charge is -2.44. The fourth-order valence-electron chi connectivity index (χ4n) is 5.23. The van der Waals surface area contributed by atoms with Crippen LogP contribution in [0.1, 0.15) is 48.4 Å². The molecule has 1 aromatic carbocycles. The number of nitriles is 2. The molecule has 1 aliphatic carbocycles. The summed E-state index contributed by atoms with van der Waals surface area (Å²) in [6, 6.07) is 7.99. The van der Waals surface area contributed by atoms with E-state index in [1.54, 1.807) is 12.1 Å². The molecule has 3 N–H and O–H groups in total. The Kier molecular flexibility index (Phi) is 6.14. The van der Waals surface area contributed by atoms with Crippen molar-refractivity contribution in [2.75, 3.05) is 30.3 Å². The summed E-state index contributed by atoms with van der Waals surface area (Å²) in [6.07, 6.45) is 3.89. The summed E-state index contributed by atoms with van der Waals surface area (Å²) in [7, 11) is 0. The van der Waals surface area contributed by atoms with Crippen molar-refractivity contribution in [2.45, 2.75) is 43.7 Å². The zero-order valence-corrected chi connectivity index (χ0v) is 21.0. The molecule has 3 aromatic rings. The minimum Gasteiger partial charge on any atom is -0.465 e. The molecule has 1 saturated carbocycles. The first-order valence-corrected chi connectivity index (χ1v) is 12.9. The van der Waals surface area contributed by atoms with Gasteiger partial charge in [-0.25, -0.2) is 9.78 Å². The van der Waals surface area contributed by atoms with E-state index in [1.165, 1.54) is 15.6 Å². The summed E-state index contributed by atoms with van der Waals surface area (Å²) < 4.78 is 7.20. The number of nitrogens with one attached hydrogen (secondary N) is 2. The Morgan fingerprint density at radius 2 is 2.03 bits per heavy atom. The number of likely N-dealkylation sites (tertiary alicyclic amines) is 1. The first-order valence-electron chi connectivity index (χ1n) is 12.5. The van der Waals surface area contributed by atoms with Crippen LogP contribution in [-0.4, -0.2) is 67.5 Å². The zero-order valence-electron chi connectivity index (χ0n) is 20.3. The molecule has 13 heteroatoms. The largest absolute Gasteiger partial charge is 0.465 e. The van der Waals surface area contributed by atoms with E-state index < -0.39 is 6.09 Å². The van der Waals surface area contributed by atoms with E-state index in [0.29, 0.717) is 59.9 Å². The summed E-state index contributed by atoms with van der Waals surface area (Å²) in [4.78, 5) is 22.0. The van der Waals surface area contributed by atoms with Crippen LogP contribution in [0.3, 0.4) is 0 Å². The van der Waals surface area contributed by atoms with Crippen molar-refractivity contribution < 1.29 is 14.6 Å². The highest BCUT2D eigenvalue weighted by Crippen LogP contribution is 2.44. The van der Waals surface area contributed by atoms with Crippen molar-refractivity contribution in [1.82, 2.24) is 24.5 Å². The number of carbonyl (C=O) groups is 1. The molecule has 1 amide bonds. The smallest absolute Gasteiger partial charge is 0.407 e. The molecule has 3 fully saturated rings. The number of benzene rings is 1. The Hall–Kier alpha value is -4.13. The third-order valence-electron chi connectivity index (χ3n) is 7.41. The number of carboxylic acid groups (broad SMARTS) is 1. The topological polar surface area (TPSA) is 164 Å². The van der Waals surface area contributed by atoms with E-state index in [9.17, 15) is 20.4 Å². The Bertz CT molecular complexity index is 1500. The van der Waals surface area contributed by atoms with Crippen molar-refractivity contribution in [3.8, 4) is 12.1 Å². The first kappa shape index (κ1) is 24.2. The molecule has 2 aromatic heterocycles. The van der Waals surface area contributed by atoms with Gasteiger partial charge in [-0.05, 0) is 49.3 Å². The highest BCUT2D eigenvalue weighted by Gasteiger charge is 2.41. The van der Waals surface area contributed by atoms with E-state index in [-0.39, 0.29) is 29.6 Å². The van der Waals surface area contributed by atoms with Gasteiger partial charge in [-0.1, -0.05) is 11.6 Å². The van der Waals surface area contributed by atoms with Crippen molar-refractivity contribution in [3.63, 3.8) is 0 Å². The number of ether oxygens (including phenoxy) is 1. The van der Waals surface area contributed by atoms with Gasteiger partial charge in [-0.2, -0.15) is 20.0 Å². The van der Waals surface area contributed by atoms with Gasteiger partial charge in [0.15, 0.2) is 17.2 Å². The predicted molar refractivity (Wildman–Crippen MR) is 136 cm³/mol. The number of nitrogens with zero attached hydrogens (tertiary/aromatic N) is 7. The number of aromatic nitrogens is 4. The number of amides is 1. The van der Waals surface area contributed by atoms with Crippen LogP contribution in [0.2, 0.25) is 5.02 Å². The molecular weight excluding hydrogens is 510 g/mol. The standard InChI is InChI=1S/C25H24ClN9O3/c26-21-17(16-3-5-34(25(36)37)12-18(16)20-4-6-38-20)7-13(9-27)8-19(21)31-24-32-22(30-14-1-2-14)23-29-11-15(10-28)35(23)33-24/h7-8,11,14,16,18,20H,1-6,12H2,(H,36,37)(H2,30,31,32,33). The fraction of sp³-hybridized carbons (Fsp3) is 0.440. The molecule has 2 saturated heterocycles. The molecular formula is C25H24ClN9O3. The van der Waals surface area contributed by atoms with Gasteiger partial charge in [0, 0.05) is 31.7 Å². The van der Waals surface area contributed by atoms with Gasteiger partial charge in [-0.3, -0.25) is 0 Å². The van der Waals surface area contributed by atoms with E-state index in [4.69, 9.17) is 16.3 Å². The average molecular weight is 534 g/mol. The number of piperidine rings is 1. The van der Waals surface area contributed by atoms with Gasteiger partial charge in [0.2, 0.25) is 5.95 Å². The third-order valence-corrected chi connectivity index (χ3v) is 7.83. The minimum absolute atomic E-state index is 0.0622. The van der Waals surface area contributed by atoms with Crippen molar-refractivity contribution in [2.24, 2.45) is 5.92 Å². The van der Waals surface area contributed by atoms with Crippen LogP contribution in [0.15, 0.2) is 18.3 Å². The monoisotopic (exact) mass is 533 g/mol. The van der Waals surface area contributed by atoms with Gasteiger partial charge in [0.1, 0.15) is 6.07 Å². The van der Waals surface area contributed by atoms with E-state index in [1.807, 2.05) is 0 Å². The summed E-state index contributed by atoms with van der Waals surface area (Å²) in [6.45, 7) is 1.36. The maximum absolute atomic E-state index is 11.7. The van der Waals surface area contributed by atoms with Gasteiger partial charge >= 0.3 is 6.09 Å². The molecule has 3 aliphatic rings. The second-order valence-corrected chi connectivity index (χ2v) is 10.2. The molecule has 0 bridgehead atoms. The molecule has 194 valence electrons. The van der Waals surface area contributed by atoms with Crippen LogP contribution in [0.4, 0.5) is 22.2 Å². The molecule has 12 nitrogen and oxygen atoms in total. The highest BCUT2D eigenvalue weighted by atomic mass is 35.5. The number of rotatable bonds is 6. The summed E-state index contributed by atoms with van der Waals surface area (Å²) in [5.74, 6) is 0.519. The first-order chi connectivity index (χ1) is 18.4. The molecule has 38 heavy (non-hydrogen) atoms. The van der Waals surface area contributed by atoms with Crippen molar-refractivity contribution in [3.05, 3.63) is 40.2 Å². The Morgan fingerprint density at radius 3 is 2.68 bits per heavy atom. The number of fused-ring (bicyclic) bond motifs is 1. The average Bonchev–Trinajstić information content (AvgIpc) is 3.60.